The van der Waals surface area contributed by atoms with Crippen LogP contribution >= 0.6 is 0 Å². The first-order valence-electron chi connectivity index (χ1n) is 9.78. The van der Waals surface area contributed by atoms with Gasteiger partial charge in [-0.15, -0.1) is 0 Å². The van der Waals surface area contributed by atoms with Crippen molar-refractivity contribution in [1.82, 2.24) is 14.7 Å². The van der Waals surface area contributed by atoms with Crippen LogP contribution < -0.4 is 4.90 Å². The fourth-order valence-electron chi connectivity index (χ4n) is 4.25. The molecule has 28 heavy (non-hydrogen) atoms. The Morgan fingerprint density at radius 3 is 2.54 bits per heavy atom. The number of piperazine rings is 1. The fourth-order valence-corrected chi connectivity index (χ4v) is 4.25. The third kappa shape index (κ3) is 3.28. The molecular weight excluding hydrogens is 360 g/mol. The van der Waals surface area contributed by atoms with Crippen LogP contribution in [0.3, 0.4) is 0 Å². The number of rotatable bonds is 3. The van der Waals surface area contributed by atoms with E-state index in [2.05, 4.69) is 0 Å². The molecule has 2 fully saturated rings. The highest BCUT2D eigenvalue weighted by Gasteiger charge is 2.42. The Balaban J connectivity index is 1.62. The van der Waals surface area contributed by atoms with Gasteiger partial charge in [0.05, 0.1) is 17.8 Å². The molecule has 1 aromatic rings. The van der Waals surface area contributed by atoms with E-state index in [1.165, 1.54) is 4.90 Å². The molecule has 0 radical (unpaired) electrons. The molecule has 8 heteroatoms. The number of para-hydroxylation sites is 1. The molecule has 3 aliphatic rings. The lowest BCUT2D eigenvalue weighted by atomic mass is 10.0. The predicted octanol–water partition coefficient (Wildman–Crippen LogP) is 0.329. The van der Waals surface area contributed by atoms with Gasteiger partial charge in [0.2, 0.25) is 12.3 Å². The first kappa shape index (κ1) is 18.6. The van der Waals surface area contributed by atoms with Crippen LogP contribution in [0.5, 0.6) is 0 Å². The van der Waals surface area contributed by atoms with Gasteiger partial charge < -0.3 is 9.80 Å². The summed E-state index contributed by atoms with van der Waals surface area (Å²) in [5.74, 6) is -0.810. The van der Waals surface area contributed by atoms with E-state index in [9.17, 15) is 19.2 Å². The quantitative estimate of drug-likeness (QED) is 0.702. The Hall–Kier alpha value is -2.74. The monoisotopic (exact) mass is 384 g/mol. The number of anilines is 1. The number of carbonyl (C=O) groups is 4. The zero-order chi connectivity index (χ0) is 19.7. The van der Waals surface area contributed by atoms with E-state index in [-0.39, 0.29) is 24.3 Å². The third-order valence-electron chi connectivity index (χ3n) is 5.81. The average Bonchev–Trinajstić information content (AvgIpc) is 2.82. The molecule has 0 spiro atoms. The van der Waals surface area contributed by atoms with Crippen molar-refractivity contribution in [3.63, 3.8) is 0 Å². The van der Waals surface area contributed by atoms with Gasteiger partial charge in [-0.05, 0) is 31.4 Å². The molecule has 8 nitrogen and oxygen atoms in total. The van der Waals surface area contributed by atoms with Gasteiger partial charge in [0.1, 0.15) is 6.04 Å². The van der Waals surface area contributed by atoms with Crippen molar-refractivity contribution in [3.8, 4) is 0 Å². The van der Waals surface area contributed by atoms with E-state index >= 15 is 0 Å². The molecule has 1 unspecified atom stereocenters. The summed E-state index contributed by atoms with van der Waals surface area (Å²) in [6.07, 6.45) is 3.14. The molecule has 1 atom stereocenters. The van der Waals surface area contributed by atoms with Crippen LogP contribution in [0.2, 0.25) is 0 Å². The van der Waals surface area contributed by atoms with Crippen molar-refractivity contribution < 1.29 is 19.2 Å². The first-order chi connectivity index (χ1) is 13.6. The van der Waals surface area contributed by atoms with Crippen molar-refractivity contribution in [2.24, 2.45) is 0 Å². The molecule has 3 heterocycles. The highest BCUT2D eigenvalue weighted by atomic mass is 16.2. The van der Waals surface area contributed by atoms with Crippen LogP contribution in [0, 0.1) is 0 Å². The number of piperidine rings is 1. The largest absolute Gasteiger partial charge is 0.343 e. The van der Waals surface area contributed by atoms with Gasteiger partial charge >= 0.3 is 0 Å². The number of hydrogen-bond donors (Lipinski definition) is 0. The SMILES string of the molecule is O=CN1CCN(CC(=O)N2C(=O)C3CCCCN3C(=O)c3ccccc32)CC1. The van der Waals surface area contributed by atoms with Gasteiger partial charge in [0.25, 0.3) is 11.8 Å². The van der Waals surface area contributed by atoms with Gasteiger partial charge in [-0.3, -0.25) is 24.1 Å². The second-order valence-corrected chi connectivity index (χ2v) is 7.51. The minimum atomic E-state index is -0.579. The smallest absolute Gasteiger partial charge is 0.256 e. The van der Waals surface area contributed by atoms with Crippen molar-refractivity contribution in [2.45, 2.75) is 25.3 Å². The maximum Gasteiger partial charge on any atom is 0.256 e. The summed E-state index contributed by atoms with van der Waals surface area (Å²) < 4.78 is 0. The number of imide groups is 1. The third-order valence-corrected chi connectivity index (χ3v) is 5.81. The second kappa shape index (κ2) is 7.71. The van der Waals surface area contributed by atoms with E-state index in [0.29, 0.717) is 50.4 Å². The molecule has 1 aromatic carbocycles. The topological polar surface area (TPSA) is 81.2 Å². The molecule has 148 valence electrons. The standard InChI is InChI=1S/C20H24N4O4/c25-14-22-11-9-21(10-12-22)13-18(26)24-16-6-2-1-5-15(16)19(27)23-8-4-3-7-17(23)20(24)28/h1-2,5-6,14,17H,3-4,7-13H2. The highest BCUT2D eigenvalue weighted by Crippen LogP contribution is 2.32. The lowest BCUT2D eigenvalue weighted by Gasteiger charge is -2.35. The molecule has 0 N–H and O–H groups in total. The fraction of sp³-hybridized carbons (Fsp3) is 0.500. The molecule has 3 aliphatic heterocycles. The van der Waals surface area contributed by atoms with E-state index in [0.717, 1.165) is 19.3 Å². The molecule has 0 bridgehead atoms. The minimum Gasteiger partial charge on any atom is -0.343 e. The Kier molecular flexibility index (Phi) is 5.13. The van der Waals surface area contributed by atoms with Gasteiger partial charge in [-0.2, -0.15) is 0 Å². The summed E-state index contributed by atoms with van der Waals surface area (Å²) in [6.45, 7) is 2.94. The summed E-state index contributed by atoms with van der Waals surface area (Å²) in [5.41, 5.74) is 0.780. The highest BCUT2D eigenvalue weighted by molar-refractivity contribution is 6.22. The summed E-state index contributed by atoms with van der Waals surface area (Å²) in [4.78, 5) is 56.8. The zero-order valence-corrected chi connectivity index (χ0v) is 15.7. The van der Waals surface area contributed by atoms with Gasteiger partial charge in [0, 0.05) is 32.7 Å². The maximum atomic E-state index is 13.3. The Bertz CT molecular complexity index is 803. The summed E-state index contributed by atoms with van der Waals surface area (Å²) in [7, 11) is 0. The van der Waals surface area contributed by atoms with Crippen LogP contribution in [0.4, 0.5) is 5.69 Å². The molecule has 4 rings (SSSR count). The molecular formula is C20H24N4O4. The van der Waals surface area contributed by atoms with Gasteiger partial charge in [-0.25, -0.2) is 4.90 Å². The van der Waals surface area contributed by atoms with Crippen LogP contribution in [0.25, 0.3) is 0 Å². The second-order valence-electron chi connectivity index (χ2n) is 7.51. The maximum absolute atomic E-state index is 13.3. The molecule has 0 aromatic heterocycles. The van der Waals surface area contributed by atoms with Gasteiger partial charge in [0.15, 0.2) is 0 Å². The summed E-state index contributed by atoms with van der Waals surface area (Å²) in [6, 6.07) is 6.28. The normalized spacial score (nSPS) is 23.1. The van der Waals surface area contributed by atoms with Crippen molar-refractivity contribution in [2.75, 3.05) is 44.2 Å². The lowest BCUT2D eigenvalue weighted by Crippen LogP contribution is -2.55. The Morgan fingerprint density at radius 2 is 1.79 bits per heavy atom. The van der Waals surface area contributed by atoms with Crippen molar-refractivity contribution in [3.05, 3.63) is 29.8 Å². The summed E-state index contributed by atoms with van der Waals surface area (Å²) in [5, 5.41) is 0. The average molecular weight is 384 g/mol. The van der Waals surface area contributed by atoms with E-state index < -0.39 is 6.04 Å². The number of carbonyl (C=O) groups excluding carboxylic acids is 4. The lowest BCUT2D eigenvalue weighted by molar-refractivity contribution is -0.130. The molecule has 0 aliphatic carbocycles. The van der Waals surface area contributed by atoms with Crippen molar-refractivity contribution >= 4 is 29.8 Å². The number of fused-ring (bicyclic) bond motifs is 2. The number of hydrogen-bond acceptors (Lipinski definition) is 5. The van der Waals surface area contributed by atoms with Crippen LogP contribution in [-0.4, -0.2) is 84.1 Å². The van der Waals surface area contributed by atoms with Crippen LogP contribution in [-0.2, 0) is 14.4 Å². The van der Waals surface area contributed by atoms with Crippen LogP contribution in [0.1, 0.15) is 29.6 Å². The Morgan fingerprint density at radius 1 is 1.04 bits per heavy atom. The minimum absolute atomic E-state index is 0.0910. The molecule has 2 saturated heterocycles. The number of amides is 4. The molecule has 4 amide bonds. The molecule has 0 saturated carbocycles. The number of nitrogens with zero attached hydrogens (tertiary/aromatic N) is 4. The first-order valence-corrected chi connectivity index (χ1v) is 9.78. The predicted molar refractivity (Wildman–Crippen MR) is 102 cm³/mol. The van der Waals surface area contributed by atoms with E-state index in [1.54, 1.807) is 34.1 Å². The van der Waals surface area contributed by atoms with Crippen LogP contribution in [0.15, 0.2) is 24.3 Å². The van der Waals surface area contributed by atoms with E-state index in [1.807, 2.05) is 4.90 Å². The Labute approximate surface area is 163 Å². The number of benzene rings is 1. The summed E-state index contributed by atoms with van der Waals surface area (Å²) >= 11 is 0. The van der Waals surface area contributed by atoms with Crippen molar-refractivity contribution in [1.29, 1.82) is 0 Å². The zero-order valence-electron chi connectivity index (χ0n) is 15.7. The van der Waals surface area contributed by atoms with Gasteiger partial charge in [-0.1, -0.05) is 12.1 Å². The van der Waals surface area contributed by atoms with E-state index in [4.69, 9.17) is 0 Å².